The van der Waals surface area contributed by atoms with E-state index in [4.69, 9.17) is 9.15 Å². The first-order chi connectivity index (χ1) is 6.45. The van der Waals surface area contributed by atoms with Gasteiger partial charge in [-0.25, -0.2) is 9.97 Å². The van der Waals surface area contributed by atoms with E-state index in [0.717, 1.165) is 0 Å². The average Bonchev–Trinajstić information content (AvgIpc) is 2.69. The van der Waals surface area contributed by atoms with Crippen molar-refractivity contribution in [1.29, 1.82) is 0 Å². The normalized spacial score (nSPS) is 9.85. The van der Waals surface area contributed by atoms with Crippen LogP contribution in [0.5, 0.6) is 5.88 Å². The second kappa shape index (κ2) is 3.66. The quantitative estimate of drug-likeness (QED) is 0.693. The molecular formula is C8H6N3O2. The lowest BCUT2D eigenvalue weighted by Gasteiger charge is -1.99. The van der Waals surface area contributed by atoms with Gasteiger partial charge < -0.3 is 9.15 Å². The molecule has 2 aromatic rings. The molecule has 0 atom stereocenters. The van der Waals surface area contributed by atoms with Crippen LogP contribution in [0.25, 0.3) is 0 Å². The molecule has 5 heteroatoms. The average molecular weight is 176 g/mol. The Balaban J connectivity index is 1.94. The molecule has 2 heterocycles. The number of aromatic nitrogens is 3. The summed E-state index contributed by atoms with van der Waals surface area (Å²) in [4.78, 5) is 11.3. The zero-order valence-corrected chi connectivity index (χ0v) is 6.67. The maximum Gasteiger partial charge on any atom is 0.232 e. The van der Waals surface area contributed by atoms with Gasteiger partial charge in [0.25, 0.3) is 0 Å². The van der Waals surface area contributed by atoms with Crippen LogP contribution in [0.3, 0.4) is 0 Å². The Morgan fingerprint density at radius 3 is 3.15 bits per heavy atom. The highest BCUT2D eigenvalue weighted by atomic mass is 16.5. The topological polar surface area (TPSA) is 61.0 Å². The Hall–Kier alpha value is -1.91. The molecule has 0 unspecified atom stereocenters. The second-order valence-corrected chi connectivity index (χ2v) is 2.21. The summed E-state index contributed by atoms with van der Waals surface area (Å²) >= 11 is 0. The smallest absolute Gasteiger partial charge is 0.232 e. The summed E-state index contributed by atoms with van der Waals surface area (Å²) in [6, 6.07) is 1.64. The van der Waals surface area contributed by atoms with Gasteiger partial charge in [-0.05, 0) is 0 Å². The molecule has 0 spiro atoms. The molecule has 65 valence electrons. The molecule has 5 nitrogen and oxygen atoms in total. The van der Waals surface area contributed by atoms with E-state index >= 15 is 0 Å². The highest BCUT2D eigenvalue weighted by Gasteiger charge is 1.98. The van der Waals surface area contributed by atoms with Crippen molar-refractivity contribution in [1.82, 2.24) is 15.0 Å². The Kier molecular flexibility index (Phi) is 2.18. The van der Waals surface area contributed by atoms with Crippen molar-refractivity contribution < 1.29 is 9.15 Å². The van der Waals surface area contributed by atoms with E-state index < -0.39 is 0 Å². The third-order valence-corrected chi connectivity index (χ3v) is 1.34. The van der Waals surface area contributed by atoms with Crippen molar-refractivity contribution in [2.45, 2.75) is 6.61 Å². The van der Waals surface area contributed by atoms with Crippen molar-refractivity contribution >= 4 is 0 Å². The summed E-state index contributed by atoms with van der Waals surface area (Å²) < 4.78 is 10.2. The predicted molar refractivity (Wildman–Crippen MR) is 41.7 cm³/mol. The van der Waals surface area contributed by atoms with Crippen LogP contribution < -0.4 is 4.74 Å². The molecule has 0 aromatic carbocycles. The monoisotopic (exact) mass is 176 g/mol. The Morgan fingerprint density at radius 1 is 1.46 bits per heavy atom. The third-order valence-electron chi connectivity index (χ3n) is 1.34. The number of hydrogen-bond acceptors (Lipinski definition) is 5. The van der Waals surface area contributed by atoms with E-state index in [1.54, 1.807) is 18.5 Å². The van der Waals surface area contributed by atoms with E-state index in [0.29, 0.717) is 11.8 Å². The lowest BCUT2D eigenvalue weighted by atomic mass is 10.6. The summed E-state index contributed by atoms with van der Waals surface area (Å²) in [7, 11) is 0. The molecule has 2 rings (SSSR count). The molecular weight excluding hydrogens is 170 g/mol. The number of hydrogen-bond donors (Lipinski definition) is 0. The SMILES string of the molecule is [c]1nccc(OCc2ncco2)n1. The Morgan fingerprint density at radius 2 is 2.46 bits per heavy atom. The number of oxazole rings is 1. The molecule has 0 aliphatic heterocycles. The van der Waals surface area contributed by atoms with Crippen LogP contribution in [0.2, 0.25) is 0 Å². The summed E-state index contributed by atoms with van der Waals surface area (Å²) in [6.07, 6.45) is 7.02. The first-order valence-corrected chi connectivity index (χ1v) is 3.65. The van der Waals surface area contributed by atoms with Crippen molar-refractivity contribution in [2.75, 3.05) is 0 Å². The fourth-order valence-electron chi connectivity index (χ4n) is 0.790. The molecule has 0 saturated heterocycles. The van der Waals surface area contributed by atoms with Gasteiger partial charge in [-0.1, -0.05) is 0 Å². The van der Waals surface area contributed by atoms with Crippen molar-refractivity contribution in [3.63, 3.8) is 0 Å². The van der Waals surface area contributed by atoms with Crippen molar-refractivity contribution in [3.05, 3.63) is 36.9 Å². The van der Waals surface area contributed by atoms with Gasteiger partial charge >= 0.3 is 0 Å². The zero-order chi connectivity index (χ0) is 8.93. The Bertz CT molecular complexity index is 347. The van der Waals surface area contributed by atoms with Crippen LogP contribution in [0, 0.1) is 6.33 Å². The molecule has 0 saturated carbocycles. The van der Waals surface area contributed by atoms with Crippen LogP contribution in [0.4, 0.5) is 0 Å². The largest absolute Gasteiger partial charge is 0.468 e. The van der Waals surface area contributed by atoms with Gasteiger partial charge in [0.1, 0.15) is 6.26 Å². The van der Waals surface area contributed by atoms with E-state index in [1.165, 1.54) is 6.26 Å². The first-order valence-electron chi connectivity index (χ1n) is 3.65. The van der Waals surface area contributed by atoms with E-state index in [9.17, 15) is 0 Å². The van der Waals surface area contributed by atoms with E-state index in [1.807, 2.05) is 0 Å². The van der Waals surface area contributed by atoms with Gasteiger partial charge in [-0.15, -0.1) is 0 Å². The van der Waals surface area contributed by atoms with Crippen molar-refractivity contribution in [3.8, 4) is 5.88 Å². The number of rotatable bonds is 3. The summed E-state index contributed by atoms with van der Waals surface area (Å²) in [5, 5.41) is 0. The minimum absolute atomic E-state index is 0.262. The van der Waals surface area contributed by atoms with Gasteiger partial charge in [0.05, 0.1) is 6.20 Å². The molecule has 0 aliphatic rings. The number of nitrogens with zero attached hydrogens (tertiary/aromatic N) is 3. The van der Waals surface area contributed by atoms with Gasteiger partial charge in [0.2, 0.25) is 18.1 Å². The molecule has 0 bridgehead atoms. The number of ether oxygens (including phenoxy) is 1. The second-order valence-electron chi connectivity index (χ2n) is 2.21. The van der Waals surface area contributed by atoms with Crippen LogP contribution in [-0.2, 0) is 6.61 Å². The maximum atomic E-state index is 5.21. The van der Waals surface area contributed by atoms with Crippen LogP contribution in [0.15, 0.2) is 29.1 Å². The molecule has 0 aliphatic carbocycles. The molecule has 0 N–H and O–H groups in total. The van der Waals surface area contributed by atoms with Crippen LogP contribution >= 0.6 is 0 Å². The molecule has 0 amide bonds. The fourth-order valence-corrected chi connectivity index (χ4v) is 0.790. The first kappa shape index (κ1) is 7.72. The fraction of sp³-hybridized carbons (Fsp3) is 0.125. The zero-order valence-electron chi connectivity index (χ0n) is 6.67. The third kappa shape index (κ3) is 2.02. The molecule has 0 fully saturated rings. The van der Waals surface area contributed by atoms with Gasteiger partial charge in [-0.2, -0.15) is 4.98 Å². The van der Waals surface area contributed by atoms with Crippen LogP contribution in [-0.4, -0.2) is 15.0 Å². The maximum absolute atomic E-state index is 5.21. The summed E-state index contributed by atoms with van der Waals surface area (Å²) in [5.41, 5.74) is 0. The van der Waals surface area contributed by atoms with Gasteiger partial charge in [-0.3, -0.25) is 0 Å². The lowest BCUT2D eigenvalue weighted by Crippen LogP contribution is -1.97. The van der Waals surface area contributed by atoms with E-state index in [-0.39, 0.29) is 6.61 Å². The minimum atomic E-state index is 0.262. The molecule has 2 aromatic heterocycles. The highest BCUT2D eigenvalue weighted by Crippen LogP contribution is 2.04. The van der Waals surface area contributed by atoms with E-state index in [2.05, 4.69) is 21.3 Å². The minimum Gasteiger partial charge on any atom is -0.468 e. The summed E-state index contributed by atoms with van der Waals surface area (Å²) in [5.74, 6) is 0.965. The highest BCUT2D eigenvalue weighted by molar-refractivity contribution is 5.04. The standard InChI is InChI=1S/C8H6N3O2/c1-2-9-6-11-7(1)13-5-8-10-3-4-12-8/h1-4H,5H2. The van der Waals surface area contributed by atoms with Crippen molar-refractivity contribution in [2.24, 2.45) is 0 Å². The molecule has 1 radical (unpaired) electrons. The Labute approximate surface area is 74.4 Å². The van der Waals surface area contributed by atoms with Gasteiger partial charge in [0, 0.05) is 12.3 Å². The lowest BCUT2D eigenvalue weighted by molar-refractivity contribution is 0.253. The predicted octanol–water partition coefficient (Wildman–Crippen LogP) is 0.844. The van der Waals surface area contributed by atoms with Gasteiger partial charge in [0.15, 0.2) is 6.61 Å². The molecule has 13 heavy (non-hydrogen) atoms. The summed E-state index contributed by atoms with van der Waals surface area (Å²) in [6.45, 7) is 0.262. The van der Waals surface area contributed by atoms with Crippen LogP contribution in [0.1, 0.15) is 5.89 Å².